The highest BCUT2D eigenvalue weighted by Crippen LogP contribution is 2.26. The van der Waals surface area contributed by atoms with E-state index >= 15 is 0 Å². The molecular weight excluding hydrogens is 140 g/mol. The molecule has 1 atom stereocenters. The lowest BCUT2D eigenvalue weighted by Gasteiger charge is -2.36. The molecule has 1 rings (SSSR count). The first-order valence-electron chi connectivity index (χ1n) is 4.29. The Bertz CT molecular complexity index is 106. The van der Waals surface area contributed by atoms with Crippen LogP contribution in [0.5, 0.6) is 0 Å². The Morgan fingerprint density at radius 1 is 1.30 bits per heavy atom. The summed E-state index contributed by atoms with van der Waals surface area (Å²) in [7, 11) is -0.589. The van der Waals surface area contributed by atoms with Crippen LogP contribution < -0.4 is 0 Å². The van der Waals surface area contributed by atoms with Gasteiger partial charge in [0.25, 0.3) is 0 Å². The topological polar surface area (TPSA) is 9.23 Å². The number of ether oxygens (including phenoxy) is 1. The fraction of sp³-hybridized carbons (Fsp3) is 1.00. The first kappa shape index (κ1) is 8.28. The molecule has 1 heterocycles. The molecule has 1 fully saturated rings. The molecule has 0 bridgehead atoms. The Morgan fingerprint density at radius 3 is 2.30 bits per heavy atom. The lowest BCUT2D eigenvalue weighted by Crippen LogP contribution is -2.44. The van der Waals surface area contributed by atoms with Gasteiger partial charge in [0.2, 0.25) is 0 Å². The summed E-state index contributed by atoms with van der Waals surface area (Å²) in [6.07, 6.45) is 3.95. The summed E-state index contributed by atoms with van der Waals surface area (Å²) in [5.74, 6) is 0. The third kappa shape index (κ3) is 1.61. The van der Waals surface area contributed by atoms with Gasteiger partial charge in [0.05, 0.1) is 14.0 Å². The minimum atomic E-state index is -0.589. The van der Waals surface area contributed by atoms with Crippen molar-refractivity contribution in [1.29, 1.82) is 0 Å². The van der Waals surface area contributed by atoms with Crippen molar-refractivity contribution in [2.24, 2.45) is 0 Å². The van der Waals surface area contributed by atoms with Gasteiger partial charge in [0.1, 0.15) is 0 Å². The molecule has 1 aliphatic rings. The molecule has 0 amide bonds. The molecule has 1 aliphatic heterocycles. The van der Waals surface area contributed by atoms with Gasteiger partial charge in [-0.1, -0.05) is 13.1 Å². The lowest BCUT2D eigenvalue weighted by molar-refractivity contribution is -0.00953. The molecule has 0 aliphatic carbocycles. The van der Waals surface area contributed by atoms with Crippen molar-refractivity contribution in [2.75, 3.05) is 6.61 Å². The highest BCUT2D eigenvalue weighted by molar-refractivity contribution is 6.59. The van der Waals surface area contributed by atoms with Crippen LogP contribution in [-0.4, -0.2) is 20.6 Å². The molecule has 2 heteroatoms. The first-order chi connectivity index (χ1) is 4.65. The van der Waals surface area contributed by atoms with Crippen LogP contribution in [0.2, 0.25) is 13.1 Å². The van der Waals surface area contributed by atoms with Crippen LogP contribution in [0, 0.1) is 0 Å². The van der Waals surface area contributed by atoms with Gasteiger partial charge in [0, 0.05) is 6.61 Å². The summed E-state index contributed by atoms with van der Waals surface area (Å²) < 4.78 is 5.79. The highest BCUT2D eigenvalue weighted by Gasteiger charge is 2.31. The van der Waals surface area contributed by atoms with Crippen LogP contribution in [0.25, 0.3) is 0 Å². The highest BCUT2D eigenvalue weighted by atomic mass is 28.3. The van der Waals surface area contributed by atoms with Crippen LogP contribution >= 0.6 is 0 Å². The van der Waals surface area contributed by atoms with Crippen molar-refractivity contribution < 1.29 is 4.74 Å². The van der Waals surface area contributed by atoms with E-state index in [4.69, 9.17) is 4.74 Å². The quantitative estimate of drug-likeness (QED) is 0.530. The fourth-order valence-electron chi connectivity index (χ4n) is 1.41. The molecule has 0 spiro atoms. The van der Waals surface area contributed by atoms with Gasteiger partial charge >= 0.3 is 0 Å². The average Bonchev–Trinajstić information content (AvgIpc) is 1.89. The van der Waals surface area contributed by atoms with Crippen LogP contribution in [0.3, 0.4) is 0 Å². The summed E-state index contributed by atoms with van der Waals surface area (Å²) in [4.78, 5) is 0. The molecule has 0 aromatic carbocycles. The van der Waals surface area contributed by atoms with Gasteiger partial charge in [-0.25, -0.2) is 0 Å². The van der Waals surface area contributed by atoms with Gasteiger partial charge in [0.15, 0.2) is 0 Å². The van der Waals surface area contributed by atoms with E-state index in [0.29, 0.717) is 5.22 Å². The lowest BCUT2D eigenvalue weighted by atomic mass is 10.1. The van der Waals surface area contributed by atoms with E-state index in [9.17, 15) is 0 Å². The molecule has 1 unspecified atom stereocenters. The van der Waals surface area contributed by atoms with Crippen molar-refractivity contribution in [2.45, 2.75) is 44.5 Å². The number of hydrogen-bond acceptors (Lipinski definition) is 1. The van der Waals surface area contributed by atoms with E-state index in [2.05, 4.69) is 20.0 Å². The van der Waals surface area contributed by atoms with Gasteiger partial charge in [-0.3, -0.25) is 0 Å². The molecule has 0 N–H and O–H groups in total. The van der Waals surface area contributed by atoms with Crippen molar-refractivity contribution in [3.63, 3.8) is 0 Å². The zero-order valence-corrected chi connectivity index (χ0v) is 8.47. The summed E-state index contributed by atoms with van der Waals surface area (Å²) in [5.41, 5.74) is 0. The zero-order valence-electron chi connectivity index (χ0n) is 7.31. The maximum absolute atomic E-state index is 5.79. The van der Waals surface area contributed by atoms with Gasteiger partial charge in [-0.2, -0.15) is 0 Å². The second-order valence-electron chi connectivity index (χ2n) is 3.77. The summed E-state index contributed by atoms with van der Waals surface area (Å²) in [6.45, 7) is 8.06. The normalized spacial score (nSPS) is 34.8. The van der Waals surface area contributed by atoms with Crippen LogP contribution in [0.15, 0.2) is 0 Å². The number of hydrogen-bond donors (Lipinski definition) is 0. The second-order valence-corrected chi connectivity index (χ2v) is 7.30. The molecule has 1 saturated heterocycles. The SMILES string of the molecule is C[SiH](C)C1(C)CCCCO1. The Kier molecular flexibility index (Phi) is 2.53. The smallest absolute Gasteiger partial charge is 0.0691 e. The zero-order chi connectivity index (χ0) is 7.61. The molecule has 1 nitrogen and oxygen atoms in total. The Labute approximate surface area is 65.4 Å². The maximum Gasteiger partial charge on any atom is 0.0691 e. The Morgan fingerprint density at radius 2 is 2.00 bits per heavy atom. The monoisotopic (exact) mass is 158 g/mol. The standard InChI is InChI=1S/C8H18OSi/c1-8(10(2)3)6-4-5-7-9-8/h10H,4-7H2,1-3H3. The summed E-state index contributed by atoms with van der Waals surface area (Å²) in [6, 6.07) is 0. The summed E-state index contributed by atoms with van der Waals surface area (Å²) in [5, 5.41) is 0.318. The molecular formula is C8H18OSi. The molecule has 0 aromatic rings. The van der Waals surface area contributed by atoms with Crippen LogP contribution in [0.1, 0.15) is 26.2 Å². The van der Waals surface area contributed by atoms with E-state index in [0.717, 1.165) is 6.61 Å². The fourth-order valence-corrected chi connectivity index (χ4v) is 2.64. The summed E-state index contributed by atoms with van der Waals surface area (Å²) >= 11 is 0. The Balaban J connectivity index is 2.48. The number of rotatable bonds is 1. The van der Waals surface area contributed by atoms with Crippen molar-refractivity contribution in [3.05, 3.63) is 0 Å². The van der Waals surface area contributed by atoms with Crippen LogP contribution in [0.4, 0.5) is 0 Å². The minimum absolute atomic E-state index is 0.318. The van der Waals surface area contributed by atoms with Gasteiger partial charge < -0.3 is 4.74 Å². The van der Waals surface area contributed by atoms with E-state index in [1.165, 1.54) is 19.3 Å². The molecule has 0 saturated carbocycles. The van der Waals surface area contributed by atoms with E-state index in [1.807, 2.05) is 0 Å². The van der Waals surface area contributed by atoms with Gasteiger partial charge in [-0.05, 0) is 26.2 Å². The van der Waals surface area contributed by atoms with Gasteiger partial charge in [-0.15, -0.1) is 0 Å². The van der Waals surface area contributed by atoms with E-state index < -0.39 is 8.80 Å². The molecule has 0 aromatic heterocycles. The van der Waals surface area contributed by atoms with Crippen molar-refractivity contribution in [1.82, 2.24) is 0 Å². The largest absolute Gasteiger partial charge is 0.379 e. The second kappa shape index (κ2) is 3.05. The maximum atomic E-state index is 5.79. The van der Waals surface area contributed by atoms with Crippen molar-refractivity contribution in [3.8, 4) is 0 Å². The third-order valence-electron chi connectivity index (χ3n) is 2.72. The predicted molar refractivity (Wildman–Crippen MR) is 47.1 cm³/mol. The van der Waals surface area contributed by atoms with E-state index in [-0.39, 0.29) is 0 Å². The molecule has 10 heavy (non-hydrogen) atoms. The molecule has 60 valence electrons. The van der Waals surface area contributed by atoms with Crippen molar-refractivity contribution >= 4 is 8.80 Å². The first-order valence-corrected chi connectivity index (χ1v) is 7.18. The predicted octanol–water partition coefficient (Wildman–Crippen LogP) is 1.97. The third-order valence-corrected chi connectivity index (χ3v) is 5.62. The molecule has 0 radical (unpaired) electrons. The minimum Gasteiger partial charge on any atom is -0.379 e. The Hall–Kier alpha value is 0.177. The average molecular weight is 158 g/mol. The van der Waals surface area contributed by atoms with Crippen LogP contribution in [-0.2, 0) is 4.74 Å². The van der Waals surface area contributed by atoms with E-state index in [1.54, 1.807) is 0 Å².